The van der Waals surface area contributed by atoms with Crippen LogP contribution in [0.25, 0.3) is 0 Å². The number of nitrogens with zero attached hydrogens (tertiary/aromatic N) is 5. The van der Waals surface area contributed by atoms with E-state index in [1.807, 2.05) is 40.0 Å². The van der Waals surface area contributed by atoms with Crippen LogP contribution in [0.2, 0.25) is 0 Å². The van der Waals surface area contributed by atoms with Gasteiger partial charge in [-0.05, 0) is 45.7 Å². The zero-order valence-electron chi connectivity index (χ0n) is 18.5. The summed E-state index contributed by atoms with van der Waals surface area (Å²) in [5.41, 5.74) is 1.10. The smallest absolute Gasteiger partial charge is 0.235 e. The number of carbonyl (C=O) groups is 1. The van der Waals surface area contributed by atoms with Crippen LogP contribution >= 0.6 is 0 Å². The van der Waals surface area contributed by atoms with Crippen LogP contribution in [0.3, 0.4) is 0 Å². The molecule has 3 rings (SSSR count). The van der Waals surface area contributed by atoms with E-state index in [9.17, 15) is 4.79 Å². The molecular formula is C22H37N5O2. The topological polar surface area (TPSA) is 61.8 Å². The fraction of sp³-hybridized carbons (Fsp3) is 0.773. The van der Waals surface area contributed by atoms with Crippen molar-refractivity contribution in [1.29, 1.82) is 0 Å². The Morgan fingerprint density at radius 1 is 1.07 bits per heavy atom. The van der Waals surface area contributed by atoms with Crippen LogP contribution in [0.4, 0.5) is 5.69 Å². The number of ketones is 1. The van der Waals surface area contributed by atoms with Gasteiger partial charge in [0.1, 0.15) is 5.78 Å². The normalized spacial score (nSPS) is 19.9. The first-order valence-electron chi connectivity index (χ1n) is 11.1. The first-order valence-corrected chi connectivity index (χ1v) is 11.1. The molecule has 0 radical (unpaired) electrons. The summed E-state index contributed by atoms with van der Waals surface area (Å²) in [4.78, 5) is 19.3. The van der Waals surface area contributed by atoms with E-state index in [1.54, 1.807) is 0 Å². The summed E-state index contributed by atoms with van der Waals surface area (Å²) in [5.74, 6) is 1.86. The molecule has 0 bridgehead atoms. The highest BCUT2D eigenvalue weighted by atomic mass is 16.5. The monoisotopic (exact) mass is 403 g/mol. The molecule has 7 nitrogen and oxygen atoms in total. The first-order chi connectivity index (χ1) is 13.9. The maximum absolute atomic E-state index is 12.0. The average Bonchev–Trinajstić information content (AvgIpc) is 2.69. The predicted molar refractivity (Wildman–Crippen MR) is 115 cm³/mol. The zero-order valence-corrected chi connectivity index (χ0v) is 18.5. The average molecular weight is 404 g/mol. The van der Waals surface area contributed by atoms with Crippen LogP contribution in [0.5, 0.6) is 5.88 Å². The van der Waals surface area contributed by atoms with Gasteiger partial charge in [0.25, 0.3) is 0 Å². The molecule has 0 aliphatic carbocycles. The van der Waals surface area contributed by atoms with E-state index in [4.69, 9.17) is 4.74 Å². The number of ether oxygens (including phenoxy) is 1. The molecule has 29 heavy (non-hydrogen) atoms. The summed E-state index contributed by atoms with van der Waals surface area (Å²) >= 11 is 0. The molecular weight excluding hydrogens is 366 g/mol. The molecule has 0 unspecified atom stereocenters. The second-order valence-corrected chi connectivity index (χ2v) is 9.05. The Morgan fingerprint density at radius 3 is 2.38 bits per heavy atom. The second-order valence-electron chi connectivity index (χ2n) is 9.05. The van der Waals surface area contributed by atoms with Crippen molar-refractivity contribution in [2.45, 2.75) is 46.6 Å². The van der Waals surface area contributed by atoms with Crippen molar-refractivity contribution < 1.29 is 9.53 Å². The molecule has 0 aromatic carbocycles. The molecule has 2 aliphatic heterocycles. The second kappa shape index (κ2) is 10.3. The lowest BCUT2D eigenvalue weighted by Crippen LogP contribution is -2.49. The molecule has 7 heteroatoms. The van der Waals surface area contributed by atoms with Gasteiger partial charge in [0.15, 0.2) is 0 Å². The minimum absolute atomic E-state index is 0.103. The van der Waals surface area contributed by atoms with Crippen LogP contribution in [0.1, 0.15) is 40.5 Å². The Hall–Kier alpha value is -1.73. The van der Waals surface area contributed by atoms with Gasteiger partial charge >= 0.3 is 0 Å². The molecule has 0 atom stereocenters. The van der Waals surface area contributed by atoms with Gasteiger partial charge in [0, 0.05) is 44.7 Å². The maximum atomic E-state index is 12.0. The Bertz CT molecular complexity index is 650. The lowest BCUT2D eigenvalue weighted by atomic mass is 9.95. The summed E-state index contributed by atoms with van der Waals surface area (Å²) in [6.45, 7) is 16.1. The molecule has 2 saturated heterocycles. The van der Waals surface area contributed by atoms with Crippen LogP contribution in [-0.4, -0.2) is 84.2 Å². The summed E-state index contributed by atoms with van der Waals surface area (Å²) in [6.07, 6.45) is 4.34. The van der Waals surface area contributed by atoms with E-state index in [-0.39, 0.29) is 12.0 Å². The Morgan fingerprint density at radius 2 is 1.76 bits per heavy atom. The zero-order chi connectivity index (χ0) is 20.8. The maximum Gasteiger partial charge on any atom is 0.235 e. The van der Waals surface area contributed by atoms with Crippen LogP contribution in [-0.2, 0) is 4.79 Å². The molecule has 0 spiro atoms. The molecule has 2 fully saturated rings. The van der Waals surface area contributed by atoms with E-state index in [2.05, 4.69) is 24.9 Å². The number of Topliss-reactive ketones (excluding diaryl/α,β-unsaturated/α-hetero) is 1. The largest absolute Gasteiger partial charge is 0.474 e. The number of anilines is 1. The minimum atomic E-state index is 0.103. The Kier molecular flexibility index (Phi) is 7.84. The van der Waals surface area contributed by atoms with E-state index < -0.39 is 0 Å². The number of carbonyl (C=O) groups excluding carboxylic acids is 1. The van der Waals surface area contributed by atoms with Crippen molar-refractivity contribution in [3.63, 3.8) is 0 Å². The Balaban J connectivity index is 1.40. The molecule has 1 aromatic heterocycles. The van der Waals surface area contributed by atoms with Gasteiger partial charge < -0.3 is 9.64 Å². The third kappa shape index (κ3) is 6.64. The molecule has 0 N–H and O–H groups in total. The predicted octanol–water partition coefficient (Wildman–Crippen LogP) is 2.32. The van der Waals surface area contributed by atoms with E-state index in [1.165, 1.54) is 19.4 Å². The molecule has 1 aromatic rings. The number of hydrogen-bond donors (Lipinski definition) is 0. The van der Waals surface area contributed by atoms with Crippen molar-refractivity contribution in [2.24, 2.45) is 11.8 Å². The fourth-order valence-electron chi connectivity index (χ4n) is 4.09. The van der Waals surface area contributed by atoms with E-state index in [0.717, 1.165) is 50.9 Å². The van der Waals surface area contributed by atoms with Crippen molar-refractivity contribution in [3.05, 3.63) is 12.3 Å². The summed E-state index contributed by atoms with van der Waals surface area (Å²) < 4.78 is 5.68. The third-order valence-corrected chi connectivity index (χ3v) is 5.96. The summed E-state index contributed by atoms with van der Waals surface area (Å²) in [6, 6.07) is 2.00. The van der Waals surface area contributed by atoms with E-state index >= 15 is 0 Å². The van der Waals surface area contributed by atoms with Gasteiger partial charge in [-0.2, -0.15) is 5.10 Å². The van der Waals surface area contributed by atoms with Gasteiger partial charge in [-0.1, -0.05) is 13.8 Å². The van der Waals surface area contributed by atoms with Gasteiger partial charge in [0.05, 0.1) is 24.5 Å². The van der Waals surface area contributed by atoms with Crippen molar-refractivity contribution in [2.75, 3.05) is 57.3 Å². The van der Waals surface area contributed by atoms with Crippen LogP contribution < -0.4 is 9.64 Å². The molecule has 0 saturated carbocycles. The van der Waals surface area contributed by atoms with Gasteiger partial charge in [-0.15, -0.1) is 5.10 Å². The molecule has 162 valence electrons. The van der Waals surface area contributed by atoms with Crippen molar-refractivity contribution in [3.8, 4) is 5.88 Å². The number of aromatic nitrogens is 2. The number of piperidine rings is 1. The number of rotatable bonds is 8. The highest BCUT2D eigenvalue weighted by Gasteiger charge is 2.25. The summed E-state index contributed by atoms with van der Waals surface area (Å²) in [7, 11) is 0. The van der Waals surface area contributed by atoms with Gasteiger partial charge in [0.2, 0.25) is 5.88 Å². The molecule has 3 heterocycles. The van der Waals surface area contributed by atoms with Crippen LogP contribution in [0.15, 0.2) is 12.3 Å². The highest BCUT2D eigenvalue weighted by Crippen LogP contribution is 2.22. The van der Waals surface area contributed by atoms with Crippen molar-refractivity contribution in [1.82, 2.24) is 20.0 Å². The van der Waals surface area contributed by atoms with Crippen molar-refractivity contribution >= 4 is 11.5 Å². The lowest BCUT2D eigenvalue weighted by molar-refractivity contribution is -0.123. The van der Waals surface area contributed by atoms with Gasteiger partial charge in [-0.3, -0.25) is 14.6 Å². The highest BCUT2D eigenvalue weighted by molar-refractivity contribution is 5.82. The fourth-order valence-corrected chi connectivity index (χ4v) is 4.09. The number of likely N-dealkylation sites (tertiary alicyclic amines) is 1. The standard InChI is InChI=1S/C22H37N5O2/c1-17(2)21(28)16-25-7-5-19(6-8-25)15-26-9-11-27(12-10-26)20-13-22(24-23-14-20)29-18(3)4/h13-14,17-19H,5-12,15-16H2,1-4H3. The van der Waals surface area contributed by atoms with Gasteiger partial charge in [-0.25, -0.2) is 0 Å². The first kappa shape index (κ1) is 22.0. The molecule has 0 amide bonds. The quantitative estimate of drug-likeness (QED) is 0.660. The third-order valence-electron chi connectivity index (χ3n) is 5.96. The Labute approximate surface area is 175 Å². The minimum Gasteiger partial charge on any atom is -0.474 e. The number of hydrogen-bond acceptors (Lipinski definition) is 7. The lowest BCUT2D eigenvalue weighted by Gasteiger charge is -2.39. The SMILES string of the molecule is CC(C)Oc1cc(N2CCN(CC3CCN(CC(=O)C(C)C)CC3)CC2)cnn1. The summed E-state index contributed by atoms with van der Waals surface area (Å²) in [5, 5.41) is 8.17. The molecule has 2 aliphatic rings. The number of piperazine rings is 1. The van der Waals surface area contributed by atoms with Crippen LogP contribution in [0, 0.1) is 11.8 Å². The van der Waals surface area contributed by atoms with E-state index in [0.29, 0.717) is 18.2 Å².